The molecule has 4 aromatic rings. The smallest absolute Gasteiger partial charge is 0.224 e. The molecule has 1 amide bonds. The van der Waals surface area contributed by atoms with Crippen molar-refractivity contribution >= 4 is 17.2 Å². The highest BCUT2D eigenvalue weighted by molar-refractivity contribution is 5.91. The molecule has 148 valence electrons. The number of nitrogens with zero attached hydrogens (tertiary/aromatic N) is 6. The molecule has 0 spiro atoms. The van der Waals surface area contributed by atoms with Gasteiger partial charge in [-0.15, -0.1) is 15.3 Å². The molecule has 3 heterocycles. The van der Waals surface area contributed by atoms with E-state index >= 15 is 0 Å². The molecule has 0 saturated heterocycles. The van der Waals surface area contributed by atoms with Crippen LogP contribution in [0.25, 0.3) is 11.5 Å². The Morgan fingerprint density at radius 1 is 1.10 bits per heavy atom. The van der Waals surface area contributed by atoms with E-state index in [1.807, 2.05) is 50.2 Å². The van der Waals surface area contributed by atoms with Crippen LogP contribution in [0.15, 0.2) is 42.7 Å². The summed E-state index contributed by atoms with van der Waals surface area (Å²) in [6, 6.07) is 11.6. The second kappa shape index (κ2) is 7.83. The zero-order chi connectivity index (χ0) is 20.4. The number of hydrogen-bond acceptors (Lipinski definition) is 5. The lowest BCUT2D eigenvalue weighted by Crippen LogP contribution is -2.14. The summed E-state index contributed by atoms with van der Waals surface area (Å²) in [6.07, 6.45) is 3.45. The van der Waals surface area contributed by atoms with Gasteiger partial charge in [-0.05, 0) is 56.0 Å². The molecule has 8 nitrogen and oxygen atoms in total. The first-order chi connectivity index (χ1) is 14.1. The third kappa shape index (κ3) is 3.73. The first-order valence-corrected chi connectivity index (χ1v) is 9.67. The van der Waals surface area contributed by atoms with Gasteiger partial charge in [0.1, 0.15) is 6.33 Å². The van der Waals surface area contributed by atoms with E-state index in [1.165, 1.54) is 0 Å². The number of anilines is 1. The van der Waals surface area contributed by atoms with Gasteiger partial charge in [-0.25, -0.2) is 4.68 Å². The van der Waals surface area contributed by atoms with E-state index < -0.39 is 0 Å². The van der Waals surface area contributed by atoms with Crippen LogP contribution < -0.4 is 5.32 Å². The fourth-order valence-electron chi connectivity index (χ4n) is 3.49. The minimum atomic E-state index is 0.00137. The van der Waals surface area contributed by atoms with Crippen molar-refractivity contribution in [3.63, 3.8) is 0 Å². The highest BCUT2D eigenvalue weighted by Crippen LogP contribution is 2.20. The number of nitrogens with one attached hydrogen (secondary N) is 1. The maximum absolute atomic E-state index is 12.5. The van der Waals surface area contributed by atoms with Gasteiger partial charge < -0.3 is 5.32 Å². The van der Waals surface area contributed by atoms with Crippen LogP contribution in [-0.2, 0) is 17.6 Å². The quantitative estimate of drug-likeness (QED) is 0.547. The maximum atomic E-state index is 12.5. The molecule has 1 aromatic carbocycles. The molecule has 1 N–H and O–H groups in total. The number of hydrogen-bond donors (Lipinski definition) is 1. The van der Waals surface area contributed by atoms with Gasteiger partial charge in [0.15, 0.2) is 11.5 Å². The first kappa shape index (κ1) is 18.8. The molecular weight excluding hydrogens is 366 g/mol. The maximum Gasteiger partial charge on any atom is 0.224 e. The van der Waals surface area contributed by atoms with Crippen LogP contribution >= 0.6 is 0 Å². The number of aromatic nitrogens is 6. The summed E-state index contributed by atoms with van der Waals surface area (Å²) in [6.45, 7) is 6.04. The number of amides is 1. The molecule has 0 saturated carbocycles. The molecule has 3 aromatic heterocycles. The molecule has 0 fully saturated rings. The number of aryl methyl sites for hydroxylation is 2. The Hall–Kier alpha value is -3.55. The predicted molar refractivity (Wildman–Crippen MR) is 110 cm³/mol. The van der Waals surface area contributed by atoms with Crippen LogP contribution in [0.1, 0.15) is 35.9 Å². The minimum Gasteiger partial charge on any atom is -0.326 e. The number of fused-ring (bicyclic) bond motifs is 1. The summed E-state index contributed by atoms with van der Waals surface area (Å²) >= 11 is 0. The van der Waals surface area contributed by atoms with Gasteiger partial charge in [-0.1, -0.05) is 25.1 Å². The van der Waals surface area contributed by atoms with Crippen molar-refractivity contribution in [2.24, 2.45) is 0 Å². The van der Waals surface area contributed by atoms with Crippen molar-refractivity contribution < 1.29 is 4.79 Å². The van der Waals surface area contributed by atoms with E-state index in [9.17, 15) is 4.79 Å². The lowest BCUT2D eigenvalue weighted by atomic mass is 10.1. The fourth-order valence-corrected chi connectivity index (χ4v) is 3.49. The molecule has 0 aliphatic carbocycles. The molecule has 4 rings (SSSR count). The standard InChI is InChI=1S/C21H23N7O/c1-4-16-7-5-6-8-18(16)23-21(29)12-9-17-14(2)25-28(15(17)3)20-11-10-19-24-22-13-27(19)26-20/h5-8,10-11,13H,4,9,12H2,1-3H3,(H,23,29). The molecular formula is C21H23N7O. The highest BCUT2D eigenvalue weighted by atomic mass is 16.1. The highest BCUT2D eigenvalue weighted by Gasteiger charge is 2.16. The topological polar surface area (TPSA) is 90.0 Å². The Morgan fingerprint density at radius 2 is 1.93 bits per heavy atom. The van der Waals surface area contributed by atoms with Crippen LogP contribution in [0, 0.1) is 13.8 Å². The van der Waals surface area contributed by atoms with E-state index in [4.69, 9.17) is 0 Å². The first-order valence-electron chi connectivity index (χ1n) is 9.67. The van der Waals surface area contributed by atoms with Crippen molar-refractivity contribution in [3.8, 4) is 5.82 Å². The van der Waals surface area contributed by atoms with Crippen molar-refractivity contribution in [2.45, 2.75) is 40.0 Å². The van der Waals surface area contributed by atoms with Crippen LogP contribution in [-0.4, -0.2) is 35.5 Å². The summed E-state index contributed by atoms with van der Waals surface area (Å²) in [5.41, 5.74) is 5.64. The number of rotatable bonds is 6. The molecule has 0 aliphatic rings. The van der Waals surface area contributed by atoms with Gasteiger partial charge >= 0.3 is 0 Å². The van der Waals surface area contributed by atoms with E-state index in [0.717, 1.165) is 34.6 Å². The number of para-hydroxylation sites is 1. The molecule has 29 heavy (non-hydrogen) atoms. The normalized spacial score (nSPS) is 11.1. The average molecular weight is 389 g/mol. The van der Waals surface area contributed by atoms with Crippen molar-refractivity contribution in [2.75, 3.05) is 5.32 Å². The molecule has 0 bridgehead atoms. The van der Waals surface area contributed by atoms with Crippen molar-refractivity contribution in [1.29, 1.82) is 0 Å². The summed E-state index contributed by atoms with van der Waals surface area (Å²) < 4.78 is 3.42. The van der Waals surface area contributed by atoms with E-state index in [2.05, 4.69) is 32.6 Å². The van der Waals surface area contributed by atoms with Crippen LogP contribution in [0.5, 0.6) is 0 Å². The fraction of sp³-hybridized carbons (Fsp3) is 0.286. The number of carbonyl (C=O) groups excluding carboxylic acids is 1. The summed E-state index contributed by atoms with van der Waals surface area (Å²) in [5.74, 6) is 0.687. The largest absolute Gasteiger partial charge is 0.326 e. The minimum absolute atomic E-state index is 0.00137. The summed E-state index contributed by atoms with van der Waals surface area (Å²) in [4.78, 5) is 12.5. The Bertz CT molecular complexity index is 1170. The monoisotopic (exact) mass is 389 g/mol. The zero-order valence-electron chi connectivity index (χ0n) is 16.8. The second-order valence-corrected chi connectivity index (χ2v) is 6.95. The van der Waals surface area contributed by atoms with E-state index in [1.54, 1.807) is 15.5 Å². The van der Waals surface area contributed by atoms with Gasteiger partial charge in [-0.3, -0.25) is 4.79 Å². The molecule has 0 aliphatic heterocycles. The summed E-state index contributed by atoms with van der Waals surface area (Å²) in [5, 5.41) is 20.0. The Labute approximate surface area is 168 Å². The molecule has 8 heteroatoms. The molecule has 0 atom stereocenters. The molecule has 0 unspecified atom stereocenters. The van der Waals surface area contributed by atoms with Gasteiger partial charge in [0.05, 0.1) is 5.69 Å². The third-order valence-electron chi connectivity index (χ3n) is 5.08. The number of benzene rings is 1. The summed E-state index contributed by atoms with van der Waals surface area (Å²) in [7, 11) is 0. The van der Waals surface area contributed by atoms with Gasteiger partial charge in [0.2, 0.25) is 5.91 Å². The van der Waals surface area contributed by atoms with Gasteiger partial charge in [0, 0.05) is 17.8 Å². The second-order valence-electron chi connectivity index (χ2n) is 6.95. The van der Waals surface area contributed by atoms with Gasteiger partial charge in [0.25, 0.3) is 0 Å². The van der Waals surface area contributed by atoms with Gasteiger partial charge in [-0.2, -0.15) is 9.61 Å². The number of carbonyl (C=O) groups is 1. The SMILES string of the molecule is CCc1ccccc1NC(=O)CCc1c(C)nn(-c2ccc3nncn3n2)c1C. The van der Waals surface area contributed by atoms with Crippen LogP contribution in [0.2, 0.25) is 0 Å². The van der Waals surface area contributed by atoms with Crippen molar-refractivity contribution in [1.82, 2.24) is 29.6 Å². The van der Waals surface area contributed by atoms with E-state index in [0.29, 0.717) is 24.3 Å². The average Bonchev–Trinajstić information content (AvgIpc) is 3.30. The van der Waals surface area contributed by atoms with Crippen LogP contribution in [0.3, 0.4) is 0 Å². The predicted octanol–water partition coefficient (Wildman–Crippen LogP) is 3.06. The van der Waals surface area contributed by atoms with Crippen LogP contribution in [0.4, 0.5) is 5.69 Å². The Balaban J connectivity index is 1.50. The lowest BCUT2D eigenvalue weighted by molar-refractivity contribution is -0.116. The Kier molecular flexibility index (Phi) is 5.07. The lowest BCUT2D eigenvalue weighted by Gasteiger charge is -2.10. The van der Waals surface area contributed by atoms with E-state index in [-0.39, 0.29) is 5.91 Å². The Morgan fingerprint density at radius 3 is 2.76 bits per heavy atom. The molecule has 0 radical (unpaired) electrons. The third-order valence-corrected chi connectivity index (χ3v) is 5.08. The zero-order valence-corrected chi connectivity index (χ0v) is 16.8. The van der Waals surface area contributed by atoms with Crippen molar-refractivity contribution in [3.05, 3.63) is 65.2 Å².